The topological polar surface area (TPSA) is 43.7 Å². The van der Waals surface area contributed by atoms with Crippen molar-refractivity contribution in [1.29, 1.82) is 0 Å². The van der Waals surface area contributed by atoms with Gasteiger partial charge in [0.15, 0.2) is 0 Å². The van der Waals surface area contributed by atoms with Gasteiger partial charge in [-0.15, -0.1) is 0 Å². The second kappa shape index (κ2) is 14.1. The fourth-order valence-electron chi connectivity index (χ4n) is 1.12. The third kappa shape index (κ3) is 12.3. The van der Waals surface area contributed by atoms with Gasteiger partial charge >= 0.3 is 68.9 Å². The molecule has 6 heteroatoms. The van der Waals surface area contributed by atoms with Gasteiger partial charge in [0.25, 0.3) is 0 Å². The van der Waals surface area contributed by atoms with Gasteiger partial charge in [0, 0.05) is 26.3 Å². The Morgan fingerprint density at radius 2 is 1.40 bits per heavy atom. The molecule has 0 unspecified atom stereocenters. The molecule has 0 amide bonds. The number of rotatable bonds is 8. The summed E-state index contributed by atoms with van der Waals surface area (Å²) in [5, 5.41) is 17.2. The maximum absolute atomic E-state index is 8.62. The molecule has 0 heterocycles. The maximum Gasteiger partial charge on any atom is 1.00 e. The summed E-state index contributed by atoms with van der Waals surface area (Å²) < 4.78 is 0.487. The molecule has 0 aromatic rings. The first-order valence-electron chi connectivity index (χ1n) is 4.90. The average molecular weight is 369 g/mol. The van der Waals surface area contributed by atoms with Crippen molar-refractivity contribution in [3.8, 4) is 0 Å². The molecule has 0 aromatic heterocycles. The van der Waals surface area contributed by atoms with E-state index in [1.807, 2.05) is 4.90 Å². The van der Waals surface area contributed by atoms with Crippen molar-refractivity contribution < 1.29 is 79.1 Å². The SMILES string of the molecule is OCCCCN(CCCCO)C(=S)[S-].[Cs+]. The molecule has 0 spiro atoms. The van der Waals surface area contributed by atoms with E-state index < -0.39 is 0 Å². The van der Waals surface area contributed by atoms with E-state index in [2.05, 4.69) is 0 Å². The third-order valence-electron chi connectivity index (χ3n) is 1.93. The van der Waals surface area contributed by atoms with E-state index in [1.54, 1.807) is 0 Å². The Hall–Kier alpha value is 2.08. The monoisotopic (exact) mass is 369 g/mol. The van der Waals surface area contributed by atoms with Crippen LogP contribution < -0.4 is 68.9 Å². The van der Waals surface area contributed by atoms with Crippen LogP contribution in [-0.2, 0) is 12.6 Å². The molecule has 0 aromatic carbocycles. The summed E-state index contributed by atoms with van der Waals surface area (Å²) in [4.78, 5) is 1.95. The second-order valence-corrected chi connectivity index (χ2v) is 4.15. The summed E-state index contributed by atoms with van der Waals surface area (Å²) in [6.07, 6.45) is 3.39. The van der Waals surface area contributed by atoms with Gasteiger partial charge in [-0.1, -0.05) is 4.32 Å². The zero-order chi connectivity index (χ0) is 10.8. The molecule has 0 saturated heterocycles. The molecule has 84 valence electrons. The Morgan fingerprint density at radius 3 is 1.67 bits per heavy atom. The van der Waals surface area contributed by atoms with Crippen LogP contribution >= 0.6 is 12.2 Å². The molecule has 3 nitrogen and oxygen atoms in total. The van der Waals surface area contributed by atoms with E-state index >= 15 is 0 Å². The summed E-state index contributed by atoms with van der Waals surface area (Å²) in [6, 6.07) is 0. The van der Waals surface area contributed by atoms with Gasteiger partial charge in [0.1, 0.15) is 0 Å². The third-order valence-corrected chi connectivity index (χ3v) is 2.45. The summed E-state index contributed by atoms with van der Waals surface area (Å²) in [5.74, 6) is 0. The van der Waals surface area contributed by atoms with Gasteiger partial charge in [0.2, 0.25) is 0 Å². The number of nitrogens with zero attached hydrogens (tertiary/aromatic N) is 1. The zero-order valence-electron chi connectivity index (χ0n) is 9.31. The number of hydrogen-bond acceptors (Lipinski definition) is 4. The van der Waals surface area contributed by atoms with Crippen LogP contribution in [0, 0.1) is 0 Å². The van der Waals surface area contributed by atoms with Gasteiger partial charge in [0.05, 0.1) is 0 Å². The van der Waals surface area contributed by atoms with Crippen LogP contribution in [0.2, 0.25) is 0 Å². The molecule has 2 N–H and O–H groups in total. The standard InChI is InChI=1S/C9H19NO2S2.Cs/c11-7-3-1-5-10(9(13)14)6-2-4-8-12;/h11-12H,1-8H2,(H,13,14);/q;+1/p-1. The quantitative estimate of drug-likeness (QED) is 0.286. The first kappa shape index (κ1) is 19.4. The molecule has 0 fully saturated rings. The minimum atomic E-state index is 0. The zero-order valence-corrected chi connectivity index (χ0v) is 17.2. The number of hydrogen-bond donors (Lipinski definition) is 2. The predicted octanol–water partition coefficient (Wildman–Crippen LogP) is -2.33. The predicted molar refractivity (Wildman–Crippen MR) is 64.2 cm³/mol. The summed E-state index contributed by atoms with van der Waals surface area (Å²) in [5.41, 5.74) is 0. The normalized spacial score (nSPS) is 9.47. The van der Waals surface area contributed by atoms with E-state index in [9.17, 15) is 0 Å². The van der Waals surface area contributed by atoms with E-state index in [-0.39, 0.29) is 82.1 Å². The number of aliphatic hydroxyl groups is 2. The molecule has 15 heavy (non-hydrogen) atoms. The average Bonchev–Trinajstić information content (AvgIpc) is 2.15. The molecule has 0 rings (SSSR count). The Bertz CT molecular complexity index is 151. The van der Waals surface area contributed by atoms with Crippen molar-refractivity contribution in [3.05, 3.63) is 0 Å². The van der Waals surface area contributed by atoms with Crippen molar-refractivity contribution in [2.45, 2.75) is 25.7 Å². The Balaban J connectivity index is 0. The molecule has 0 radical (unpaired) electrons. The fourth-order valence-corrected chi connectivity index (χ4v) is 1.49. The minimum absolute atomic E-state index is 0. The van der Waals surface area contributed by atoms with Crippen LogP contribution in [-0.4, -0.2) is 45.7 Å². The molecular weight excluding hydrogens is 351 g/mol. The first-order chi connectivity index (χ1) is 6.72. The van der Waals surface area contributed by atoms with E-state index in [0.29, 0.717) is 4.32 Å². The summed E-state index contributed by atoms with van der Waals surface area (Å²) >= 11 is 9.86. The van der Waals surface area contributed by atoms with Gasteiger partial charge in [-0.05, 0) is 25.7 Å². The van der Waals surface area contributed by atoms with E-state index in [1.165, 1.54) is 0 Å². The van der Waals surface area contributed by atoms with Crippen LogP contribution in [0.15, 0.2) is 0 Å². The van der Waals surface area contributed by atoms with Crippen molar-refractivity contribution >= 4 is 29.2 Å². The Labute approximate surface area is 162 Å². The molecular formula is C9H18CsNO2S2. The molecule has 0 aliphatic carbocycles. The first-order valence-corrected chi connectivity index (χ1v) is 5.71. The molecule has 0 aliphatic heterocycles. The second-order valence-electron chi connectivity index (χ2n) is 3.11. The smallest absolute Gasteiger partial charge is 0.411 e. The van der Waals surface area contributed by atoms with Crippen LogP contribution in [0.4, 0.5) is 0 Å². The van der Waals surface area contributed by atoms with Crippen molar-refractivity contribution in [2.75, 3.05) is 26.3 Å². The largest absolute Gasteiger partial charge is 1.00 e. The molecule has 0 aliphatic rings. The summed E-state index contributed by atoms with van der Waals surface area (Å²) in [7, 11) is 0. The van der Waals surface area contributed by atoms with Crippen molar-refractivity contribution in [2.24, 2.45) is 0 Å². The minimum Gasteiger partial charge on any atom is -0.411 e. The molecule has 0 atom stereocenters. The molecule has 0 saturated carbocycles. The maximum atomic E-state index is 8.62. The van der Waals surface area contributed by atoms with Crippen molar-refractivity contribution in [3.63, 3.8) is 0 Å². The van der Waals surface area contributed by atoms with E-state index in [4.69, 9.17) is 35.1 Å². The number of aliphatic hydroxyl groups excluding tert-OH is 2. The van der Waals surface area contributed by atoms with Gasteiger partial charge < -0.3 is 40.0 Å². The number of thiocarbonyl (C=S) groups is 1. The Kier molecular flexibility index (Phi) is 18.3. The van der Waals surface area contributed by atoms with Gasteiger partial charge in [-0.2, -0.15) is 0 Å². The molecule has 0 bridgehead atoms. The number of unbranched alkanes of at least 4 members (excludes halogenated alkanes) is 2. The Morgan fingerprint density at radius 1 is 1.00 bits per heavy atom. The van der Waals surface area contributed by atoms with Crippen LogP contribution in [0.5, 0.6) is 0 Å². The van der Waals surface area contributed by atoms with Gasteiger partial charge in [-0.3, -0.25) is 0 Å². The van der Waals surface area contributed by atoms with E-state index in [0.717, 1.165) is 38.8 Å². The van der Waals surface area contributed by atoms with Crippen LogP contribution in [0.1, 0.15) is 25.7 Å². The van der Waals surface area contributed by atoms with Crippen LogP contribution in [0.3, 0.4) is 0 Å². The van der Waals surface area contributed by atoms with Crippen molar-refractivity contribution in [1.82, 2.24) is 4.90 Å². The van der Waals surface area contributed by atoms with Crippen LogP contribution in [0.25, 0.3) is 0 Å². The summed E-state index contributed by atoms with van der Waals surface area (Å²) in [6.45, 7) is 2.06. The van der Waals surface area contributed by atoms with Gasteiger partial charge in [-0.25, -0.2) is 0 Å². The fraction of sp³-hybridized carbons (Fsp3) is 0.889.